The molecule has 6 heteroatoms. The van der Waals surface area contributed by atoms with E-state index in [1.807, 2.05) is 24.3 Å². The Balaban J connectivity index is 2.15. The normalized spacial score (nSPS) is 12.3. The van der Waals surface area contributed by atoms with Gasteiger partial charge in [0.05, 0.1) is 11.6 Å². The number of halogens is 4. The van der Waals surface area contributed by atoms with Gasteiger partial charge in [0.1, 0.15) is 0 Å². The summed E-state index contributed by atoms with van der Waals surface area (Å²) in [4.78, 5) is 12.1. The molecule has 0 radical (unpaired) electrons. The minimum absolute atomic E-state index is 0.349. The lowest BCUT2D eigenvalue weighted by Gasteiger charge is -2.16. The van der Waals surface area contributed by atoms with Crippen LogP contribution in [0.1, 0.15) is 48.3 Å². The number of amides is 1. The van der Waals surface area contributed by atoms with Gasteiger partial charge in [-0.15, -0.1) is 0 Å². The molecule has 2 aromatic carbocycles. The number of hydrogen-bond acceptors (Lipinski definition) is 1. The Bertz CT molecular complexity index is 772. The van der Waals surface area contributed by atoms with Gasteiger partial charge in [-0.2, -0.15) is 0 Å². The molecule has 0 aliphatic heterocycles. The Morgan fingerprint density at radius 2 is 1.56 bits per heavy atom. The average Bonchev–Trinajstić information content (AvgIpc) is 2.56. The van der Waals surface area contributed by atoms with Gasteiger partial charge >= 0.3 is 0 Å². The summed E-state index contributed by atoms with van der Waals surface area (Å²) in [6.45, 7) is 5.86. The first-order valence-corrected chi connectivity index (χ1v) is 7.93. The molecule has 134 valence electrons. The van der Waals surface area contributed by atoms with Crippen LogP contribution in [-0.2, 0) is 6.42 Å². The van der Waals surface area contributed by atoms with Crippen LogP contribution in [0.25, 0.3) is 0 Å². The first kappa shape index (κ1) is 19.0. The Labute approximate surface area is 143 Å². The van der Waals surface area contributed by atoms with E-state index in [-0.39, 0.29) is 0 Å². The fraction of sp³-hybridized carbons (Fsp3) is 0.316. The predicted molar refractivity (Wildman–Crippen MR) is 87.1 cm³/mol. The summed E-state index contributed by atoms with van der Waals surface area (Å²) in [7, 11) is 0. The molecule has 2 nitrogen and oxygen atoms in total. The van der Waals surface area contributed by atoms with Crippen LogP contribution in [0.2, 0.25) is 0 Å². The molecule has 0 spiro atoms. The molecule has 2 aromatic rings. The molecule has 1 amide bonds. The van der Waals surface area contributed by atoms with Gasteiger partial charge in [-0.1, -0.05) is 38.1 Å². The molecule has 0 fully saturated rings. The fourth-order valence-corrected chi connectivity index (χ4v) is 2.51. The van der Waals surface area contributed by atoms with Crippen LogP contribution in [-0.4, -0.2) is 5.91 Å². The van der Waals surface area contributed by atoms with E-state index in [4.69, 9.17) is 0 Å². The fourth-order valence-electron chi connectivity index (χ4n) is 2.51. The Kier molecular flexibility index (Phi) is 5.82. The molecule has 0 aliphatic rings. The minimum atomic E-state index is -2.00. The van der Waals surface area contributed by atoms with Crippen molar-refractivity contribution in [2.75, 3.05) is 0 Å². The second kappa shape index (κ2) is 7.68. The van der Waals surface area contributed by atoms with Crippen LogP contribution >= 0.6 is 0 Å². The van der Waals surface area contributed by atoms with E-state index in [0.717, 1.165) is 17.5 Å². The van der Waals surface area contributed by atoms with Crippen LogP contribution in [0.5, 0.6) is 0 Å². The Morgan fingerprint density at radius 1 is 0.960 bits per heavy atom. The molecule has 1 unspecified atom stereocenters. The van der Waals surface area contributed by atoms with Gasteiger partial charge in [-0.25, -0.2) is 17.6 Å². The highest BCUT2D eigenvalue weighted by molar-refractivity contribution is 5.94. The van der Waals surface area contributed by atoms with Crippen molar-refractivity contribution in [1.82, 2.24) is 5.32 Å². The van der Waals surface area contributed by atoms with Gasteiger partial charge in [0.15, 0.2) is 23.3 Å². The van der Waals surface area contributed by atoms with E-state index >= 15 is 0 Å². The Morgan fingerprint density at radius 3 is 2.12 bits per heavy atom. The largest absolute Gasteiger partial charge is 0.345 e. The monoisotopic (exact) mass is 353 g/mol. The third-order valence-electron chi connectivity index (χ3n) is 3.82. The van der Waals surface area contributed by atoms with Gasteiger partial charge < -0.3 is 5.32 Å². The summed E-state index contributed by atoms with van der Waals surface area (Å²) < 4.78 is 53.1. The third-order valence-corrected chi connectivity index (χ3v) is 3.82. The zero-order valence-electron chi connectivity index (χ0n) is 14.2. The molecule has 1 atom stereocenters. The lowest BCUT2D eigenvalue weighted by Crippen LogP contribution is -2.28. The van der Waals surface area contributed by atoms with Crippen molar-refractivity contribution < 1.29 is 22.4 Å². The number of rotatable bonds is 5. The summed E-state index contributed by atoms with van der Waals surface area (Å²) in [6.07, 6.45) is 0.917. The molecule has 0 aliphatic carbocycles. The third kappa shape index (κ3) is 4.38. The highest BCUT2D eigenvalue weighted by atomic mass is 19.2. The molecular formula is C19H19F4NO. The van der Waals surface area contributed by atoms with E-state index in [0.29, 0.717) is 12.0 Å². The average molecular weight is 353 g/mol. The van der Waals surface area contributed by atoms with Crippen LogP contribution in [0.3, 0.4) is 0 Å². The van der Waals surface area contributed by atoms with Gasteiger partial charge in [0.25, 0.3) is 5.91 Å². The number of carbonyl (C=O) groups is 1. The standard InChI is InChI=1S/C19H19F4NO/c1-10(2)8-12-4-6-13(7-5-12)11(3)24-19(25)14-9-15(20)17(22)18(23)16(14)21/h4-7,9-11H,8H2,1-3H3,(H,24,25). The lowest BCUT2D eigenvalue weighted by molar-refractivity contribution is 0.0933. The number of hydrogen-bond donors (Lipinski definition) is 1. The van der Waals surface area contributed by atoms with Crippen LogP contribution in [0.15, 0.2) is 30.3 Å². The lowest BCUT2D eigenvalue weighted by atomic mass is 10.00. The number of carbonyl (C=O) groups excluding carboxylic acids is 1. The zero-order chi connectivity index (χ0) is 18.7. The quantitative estimate of drug-likeness (QED) is 0.461. The number of benzene rings is 2. The van der Waals surface area contributed by atoms with Crippen LogP contribution in [0.4, 0.5) is 17.6 Å². The highest BCUT2D eigenvalue weighted by Gasteiger charge is 2.24. The Hall–Kier alpha value is -2.37. The van der Waals surface area contributed by atoms with Gasteiger partial charge in [-0.3, -0.25) is 4.79 Å². The second-order valence-corrected chi connectivity index (χ2v) is 6.38. The van der Waals surface area contributed by atoms with Crippen molar-refractivity contribution in [3.63, 3.8) is 0 Å². The maximum atomic E-state index is 13.7. The second-order valence-electron chi connectivity index (χ2n) is 6.38. The van der Waals surface area contributed by atoms with Crippen molar-refractivity contribution in [2.24, 2.45) is 5.92 Å². The molecule has 25 heavy (non-hydrogen) atoms. The predicted octanol–water partition coefficient (Wildman–Crippen LogP) is 4.93. The van der Waals surface area contributed by atoms with E-state index in [9.17, 15) is 22.4 Å². The summed E-state index contributed by atoms with van der Waals surface area (Å²) >= 11 is 0. The molecule has 0 saturated heterocycles. The van der Waals surface area contributed by atoms with E-state index in [1.165, 1.54) is 0 Å². The minimum Gasteiger partial charge on any atom is -0.345 e. The smallest absolute Gasteiger partial charge is 0.254 e. The van der Waals surface area contributed by atoms with Crippen molar-refractivity contribution in [3.8, 4) is 0 Å². The first-order valence-electron chi connectivity index (χ1n) is 7.93. The molecule has 0 heterocycles. The van der Waals surface area contributed by atoms with Crippen molar-refractivity contribution >= 4 is 5.91 Å². The van der Waals surface area contributed by atoms with Crippen molar-refractivity contribution in [2.45, 2.75) is 33.2 Å². The molecule has 0 saturated carbocycles. The van der Waals surface area contributed by atoms with Crippen molar-refractivity contribution in [1.29, 1.82) is 0 Å². The molecule has 1 N–H and O–H groups in total. The molecular weight excluding hydrogens is 334 g/mol. The SMILES string of the molecule is CC(C)Cc1ccc(C(C)NC(=O)c2cc(F)c(F)c(F)c2F)cc1. The first-order chi connectivity index (χ1) is 11.7. The molecule has 0 bridgehead atoms. The summed E-state index contributed by atoms with van der Waals surface area (Å²) in [5, 5.41) is 2.45. The van der Waals surface area contributed by atoms with E-state index < -0.39 is 40.8 Å². The summed E-state index contributed by atoms with van der Waals surface area (Å²) in [6, 6.07) is 7.33. The maximum absolute atomic E-state index is 13.7. The molecule has 0 aromatic heterocycles. The summed E-state index contributed by atoms with van der Waals surface area (Å²) in [5.41, 5.74) is 1.02. The zero-order valence-corrected chi connectivity index (χ0v) is 14.2. The van der Waals surface area contributed by atoms with E-state index in [2.05, 4.69) is 19.2 Å². The van der Waals surface area contributed by atoms with Crippen LogP contribution < -0.4 is 5.32 Å². The van der Waals surface area contributed by atoms with Crippen molar-refractivity contribution in [3.05, 3.63) is 70.3 Å². The number of nitrogens with one attached hydrogen (secondary N) is 1. The van der Waals surface area contributed by atoms with Gasteiger partial charge in [0, 0.05) is 0 Å². The molecule has 2 rings (SSSR count). The summed E-state index contributed by atoms with van der Waals surface area (Å²) in [5.74, 6) is -7.78. The van der Waals surface area contributed by atoms with Gasteiger partial charge in [-0.05, 0) is 36.5 Å². The van der Waals surface area contributed by atoms with Gasteiger partial charge in [0.2, 0.25) is 0 Å². The topological polar surface area (TPSA) is 29.1 Å². The highest BCUT2D eigenvalue weighted by Crippen LogP contribution is 2.20. The maximum Gasteiger partial charge on any atom is 0.254 e. The van der Waals surface area contributed by atoms with Crippen LogP contribution in [0, 0.1) is 29.2 Å². The van der Waals surface area contributed by atoms with E-state index in [1.54, 1.807) is 6.92 Å².